The number of nitrogens with zero attached hydrogens (tertiary/aromatic N) is 1. The Morgan fingerprint density at radius 3 is 3.00 bits per heavy atom. The van der Waals surface area contributed by atoms with Gasteiger partial charge in [-0.15, -0.1) is 0 Å². The van der Waals surface area contributed by atoms with Gasteiger partial charge in [-0.25, -0.2) is 4.39 Å². The van der Waals surface area contributed by atoms with Crippen molar-refractivity contribution in [1.82, 2.24) is 10.2 Å². The molecule has 19 heavy (non-hydrogen) atoms. The standard InChI is InChI=1S/C16H25FN2/c1-3-15-8-5-10-19(15)11-9-16(18-2)13-6-4-7-14(17)12-13/h4,6-7,12,15-16,18H,3,5,8-11H2,1-2H3. The van der Waals surface area contributed by atoms with E-state index in [1.165, 1.54) is 31.9 Å². The van der Waals surface area contributed by atoms with Gasteiger partial charge in [-0.2, -0.15) is 0 Å². The van der Waals surface area contributed by atoms with Crippen molar-refractivity contribution in [2.75, 3.05) is 20.1 Å². The number of halogens is 1. The largest absolute Gasteiger partial charge is 0.313 e. The highest BCUT2D eigenvalue weighted by Gasteiger charge is 2.23. The van der Waals surface area contributed by atoms with Crippen LogP contribution in [0.5, 0.6) is 0 Å². The van der Waals surface area contributed by atoms with Gasteiger partial charge >= 0.3 is 0 Å². The number of likely N-dealkylation sites (tertiary alicyclic amines) is 1. The average molecular weight is 264 g/mol. The normalized spacial score (nSPS) is 21.7. The molecule has 1 fully saturated rings. The van der Waals surface area contributed by atoms with Crippen LogP contribution in [0.3, 0.4) is 0 Å². The van der Waals surface area contributed by atoms with Gasteiger partial charge < -0.3 is 10.2 Å². The quantitative estimate of drug-likeness (QED) is 0.847. The number of rotatable bonds is 6. The van der Waals surface area contributed by atoms with Gasteiger partial charge in [-0.3, -0.25) is 0 Å². The summed E-state index contributed by atoms with van der Waals surface area (Å²) in [4.78, 5) is 2.59. The second kappa shape index (κ2) is 7.01. The lowest BCUT2D eigenvalue weighted by molar-refractivity contribution is 0.235. The first kappa shape index (κ1) is 14.5. The SMILES string of the molecule is CCC1CCCN1CCC(NC)c1cccc(F)c1. The zero-order valence-corrected chi connectivity index (χ0v) is 12.0. The number of hydrogen-bond acceptors (Lipinski definition) is 2. The van der Waals surface area contributed by atoms with Gasteiger partial charge in [0, 0.05) is 18.6 Å². The van der Waals surface area contributed by atoms with Crippen LogP contribution in [0.2, 0.25) is 0 Å². The lowest BCUT2D eigenvalue weighted by atomic mass is 10.0. The van der Waals surface area contributed by atoms with E-state index in [1.807, 2.05) is 13.1 Å². The summed E-state index contributed by atoms with van der Waals surface area (Å²) in [6.07, 6.45) is 4.93. The fraction of sp³-hybridized carbons (Fsp3) is 0.625. The van der Waals surface area contributed by atoms with Crippen molar-refractivity contribution in [2.45, 2.75) is 44.7 Å². The van der Waals surface area contributed by atoms with E-state index in [0.717, 1.165) is 24.6 Å². The molecule has 1 aromatic rings. The maximum Gasteiger partial charge on any atom is 0.123 e. The van der Waals surface area contributed by atoms with Crippen LogP contribution in [0, 0.1) is 5.82 Å². The first-order chi connectivity index (χ1) is 9.24. The highest BCUT2D eigenvalue weighted by molar-refractivity contribution is 5.20. The Morgan fingerprint density at radius 2 is 2.32 bits per heavy atom. The zero-order chi connectivity index (χ0) is 13.7. The summed E-state index contributed by atoms with van der Waals surface area (Å²) in [5, 5.41) is 3.31. The molecule has 3 heteroatoms. The minimum Gasteiger partial charge on any atom is -0.313 e. The van der Waals surface area contributed by atoms with E-state index >= 15 is 0 Å². The molecule has 2 rings (SSSR count). The molecule has 2 atom stereocenters. The molecule has 106 valence electrons. The first-order valence-corrected chi connectivity index (χ1v) is 7.41. The Morgan fingerprint density at radius 1 is 1.47 bits per heavy atom. The second-order valence-corrected chi connectivity index (χ2v) is 5.43. The van der Waals surface area contributed by atoms with Crippen molar-refractivity contribution in [3.8, 4) is 0 Å². The molecule has 2 unspecified atom stereocenters. The maximum absolute atomic E-state index is 13.3. The van der Waals surface area contributed by atoms with Gasteiger partial charge in [0.15, 0.2) is 0 Å². The van der Waals surface area contributed by atoms with Gasteiger partial charge in [0.1, 0.15) is 5.82 Å². The zero-order valence-electron chi connectivity index (χ0n) is 12.0. The summed E-state index contributed by atoms with van der Waals surface area (Å²) in [5.74, 6) is -0.148. The molecule has 2 nitrogen and oxygen atoms in total. The molecular weight excluding hydrogens is 239 g/mol. The summed E-state index contributed by atoms with van der Waals surface area (Å²) < 4.78 is 13.3. The van der Waals surface area contributed by atoms with Crippen molar-refractivity contribution < 1.29 is 4.39 Å². The van der Waals surface area contributed by atoms with Crippen LogP contribution in [0.15, 0.2) is 24.3 Å². The van der Waals surface area contributed by atoms with E-state index in [9.17, 15) is 4.39 Å². The Hall–Kier alpha value is -0.930. The van der Waals surface area contributed by atoms with E-state index in [-0.39, 0.29) is 11.9 Å². The molecule has 1 aliphatic rings. The molecule has 1 aliphatic heterocycles. The fourth-order valence-corrected chi connectivity index (χ4v) is 3.15. The Bertz CT molecular complexity index is 394. The van der Waals surface area contributed by atoms with Crippen LogP contribution in [-0.4, -0.2) is 31.1 Å². The van der Waals surface area contributed by atoms with Crippen LogP contribution in [0.25, 0.3) is 0 Å². The highest BCUT2D eigenvalue weighted by Crippen LogP contribution is 2.23. The minimum absolute atomic E-state index is 0.148. The van der Waals surface area contributed by atoms with Crippen molar-refractivity contribution in [2.24, 2.45) is 0 Å². The van der Waals surface area contributed by atoms with E-state index < -0.39 is 0 Å². The van der Waals surface area contributed by atoms with Crippen LogP contribution in [0.4, 0.5) is 4.39 Å². The Kier molecular flexibility index (Phi) is 5.34. The molecule has 0 aliphatic carbocycles. The molecule has 1 saturated heterocycles. The molecular formula is C16H25FN2. The number of benzene rings is 1. The van der Waals surface area contributed by atoms with Crippen LogP contribution in [0.1, 0.15) is 44.2 Å². The molecule has 1 N–H and O–H groups in total. The lowest BCUT2D eigenvalue weighted by Crippen LogP contribution is -2.32. The Labute approximate surface area is 116 Å². The molecule has 1 aromatic carbocycles. The summed E-state index contributed by atoms with van der Waals surface area (Å²) >= 11 is 0. The lowest BCUT2D eigenvalue weighted by Gasteiger charge is -2.26. The van der Waals surface area contributed by atoms with Crippen molar-refractivity contribution in [3.05, 3.63) is 35.6 Å². The summed E-state index contributed by atoms with van der Waals surface area (Å²) in [7, 11) is 1.96. The van der Waals surface area contributed by atoms with Crippen molar-refractivity contribution >= 4 is 0 Å². The third kappa shape index (κ3) is 3.77. The average Bonchev–Trinajstić information content (AvgIpc) is 2.87. The molecule has 0 spiro atoms. The van der Waals surface area contributed by atoms with Gasteiger partial charge in [0.05, 0.1) is 0 Å². The summed E-state index contributed by atoms with van der Waals surface area (Å²) in [6.45, 7) is 4.59. The molecule has 0 amide bonds. The van der Waals surface area contributed by atoms with Crippen molar-refractivity contribution in [3.63, 3.8) is 0 Å². The van der Waals surface area contributed by atoms with Gasteiger partial charge in [0.25, 0.3) is 0 Å². The number of nitrogens with one attached hydrogen (secondary N) is 1. The molecule has 0 saturated carbocycles. The monoisotopic (exact) mass is 264 g/mol. The van der Waals surface area contributed by atoms with E-state index in [4.69, 9.17) is 0 Å². The van der Waals surface area contributed by atoms with E-state index in [1.54, 1.807) is 12.1 Å². The fourth-order valence-electron chi connectivity index (χ4n) is 3.15. The highest BCUT2D eigenvalue weighted by atomic mass is 19.1. The van der Waals surface area contributed by atoms with Crippen LogP contribution in [-0.2, 0) is 0 Å². The van der Waals surface area contributed by atoms with Crippen LogP contribution >= 0.6 is 0 Å². The molecule has 0 radical (unpaired) electrons. The smallest absolute Gasteiger partial charge is 0.123 e. The van der Waals surface area contributed by atoms with E-state index in [0.29, 0.717) is 0 Å². The third-order valence-corrected chi connectivity index (χ3v) is 4.27. The van der Waals surface area contributed by atoms with Crippen LogP contribution < -0.4 is 5.32 Å². The summed E-state index contributed by atoms with van der Waals surface area (Å²) in [5.41, 5.74) is 1.05. The topological polar surface area (TPSA) is 15.3 Å². The third-order valence-electron chi connectivity index (χ3n) is 4.27. The minimum atomic E-state index is -0.148. The van der Waals surface area contributed by atoms with E-state index in [2.05, 4.69) is 17.1 Å². The first-order valence-electron chi connectivity index (χ1n) is 7.41. The van der Waals surface area contributed by atoms with Gasteiger partial charge in [0.2, 0.25) is 0 Å². The number of hydrogen-bond donors (Lipinski definition) is 1. The van der Waals surface area contributed by atoms with Crippen molar-refractivity contribution in [1.29, 1.82) is 0 Å². The maximum atomic E-state index is 13.3. The molecule has 0 aromatic heterocycles. The molecule has 0 bridgehead atoms. The second-order valence-electron chi connectivity index (χ2n) is 5.43. The van der Waals surface area contributed by atoms with Gasteiger partial charge in [-0.1, -0.05) is 19.1 Å². The molecule has 1 heterocycles. The predicted molar refractivity (Wildman–Crippen MR) is 77.7 cm³/mol. The predicted octanol–water partition coefficient (Wildman–Crippen LogP) is 3.35. The summed E-state index contributed by atoms with van der Waals surface area (Å²) in [6, 6.07) is 7.94. The van der Waals surface area contributed by atoms with Gasteiger partial charge in [-0.05, 0) is 57.0 Å². The Balaban J connectivity index is 1.92.